The van der Waals surface area contributed by atoms with Crippen molar-refractivity contribution in [2.75, 3.05) is 19.7 Å². The average Bonchev–Trinajstić information content (AvgIpc) is 3.01. The number of benzene rings is 2. The van der Waals surface area contributed by atoms with Gasteiger partial charge in [-0.1, -0.05) is 60.7 Å². The summed E-state index contributed by atoms with van der Waals surface area (Å²) in [6.45, 7) is 4.89. The van der Waals surface area contributed by atoms with Gasteiger partial charge in [-0.05, 0) is 37.4 Å². The van der Waals surface area contributed by atoms with Gasteiger partial charge in [-0.3, -0.25) is 9.69 Å². The Hall–Kier alpha value is -2.13. The maximum Gasteiger partial charge on any atom is 0.313 e. The summed E-state index contributed by atoms with van der Waals surface area (Å²) in [4.78, 5) is 15.1. The number of hydrogen-bond donors (Lipinski definition) is 0. The van der Waals surface area contributed by atoms with Gasteiger partial charge in [0, 0.05) is 13.1 Å². The van der Waals surface area contributed by atoms with Crippen LogP contribution in [0.2, 0.25) is 0 Å². The van der Waals surface area contributed by atoms with Crippen molar-refractivity contribution < 1.29 is 9.53 Å². The molecule has 3 heteroatoms. The third-order valence-electron chi connectivity index (χ3n) is 4.78. The highest BCUT2D eigenvalue weighted by Gasteiger charge is 2.45. The van der Waals surface area contributed by atoms with Crippen LogP contribution in [0, 0.1) is 5.41 Å². The van der Waals surface area contributed by atoms with Crippen LogP contribution < -0.4 is 0 Å². The van der Waals surface area contributed by atoms with E-state index in [9.17, 15) is 4.79 Å². The lowest BCUT2D eigenvalue weighted by Crippen LogP contribution is -2.38. The van der Waals surface area contributed by atoms with Crippen molar-refractivity contribution in [3.8, 4) is 0 Å². The SMILES string of the molecule is CCOC(=O)C1(Cc2ccccc2)CCN(Cc2ccccc2)C1. The summed E-state index contributed by atoms with van der Waals surface area (Å²) in [6, 6.07) is 20.7. The molecule has 1 saturated heterocycles. The van der Waals surface area contributed by atoms with E-state index in [2.05, 4.69) is 41.3 Å². The van der Waals surface area contributed by atoms with Gasteiger partial charge in [0.2, 0.25) is 0 Å². The van der Waals surface area contributed by atoms with E-state index in [0.717, 1.165) is 32.5 Å². The highest BCUT2D eigenvalue weighted by atomic mass is 16.5. The molecule has 2 aromatic carbocycles. The smallest absolute Gasteiger partial charge is 0.313 e. The fourth-order valence-corrected chi connectivity index (χ4v) is 3.59. The average molecular weight is 323 g/mol. The Balaban J connectivity index is 1.75. The standard InChI is InChI=1S/C21H25NO2/c1-2-24-20(23)21(15-18-9-5-3-6-10-18)13-14-22(17-21)16-19-11-7-4-8-12-19/h3-12H,2,13-17H2,1H3. The molecule has 0 saturated carbocycles. The molecule has 2 aromatic rings. The van der Waals surface area contributed by atoms with Crippen LogP contribution in [0.3, 0.4) is 0 Å². The van der Waals surface area contributed by atoms with Gasteiger partial charge < -0.3 is 4.74 Å². The number of rotatable bonds is 6. The zero-order valence-electron chi connectivity index (χ0n) is 14.3. The monoisotopic (exact) mass is 323 g/mol. The van der Waals surface area contributed by atoms with Crippen molar-refractivity contribution in [2.45, 2.75) is 26.3 Å². The first-order valence-electron chi connectivity index (χ1n) is 8.69. The molecule has 24 heavy (non-hydrogen) atoms. The number of nitrogens with zero attached hydrogens (tertiary/aromatic N) is 1. The zero-order valence-corrected chi connectivity index (χ0v) is 14.3. The van der Waals surface area contributed by atoms with Crippen LogP contribution in [-0.4, -0.2) is 30.6 Å². The Bertz CT molecular complexity index is 656. The molecule has 0 amide bonds. The van der Waals surface area contributed by atoms with Gasteiger partial charge in [0.05, 0.1) is 12.0 Å². The Labute approximate surface area is 144 Å². The number of ether oxygens (including phenoxy) is 1. The molecule has 1 unspecified atom stereocenters. The molecule has 126 valence electrons. The van der Waals surface area contributed by atoms with Crippen LogP contribution in [0.1, 0.15) is 24.5 Å². The van der Waals surface area contributed by atoms with Crippen LogP contribution in [0.15, 0.2) is 60.7 Å². The molecule has 0 aromatic heterocycles. The molecule has 3 rings (SSSR count). The van der Waals surface area contributed by atoms with Crippen molar-refractivity contribution in [1.82, 2.24) is 4.90 Å². The van der Waals surface area contributed by atoms with E-state index < -0.39 is 5.41 Å². The Morgan fingerprint density at radius 3 is 2.29 bits per heavy atom. The van der Waals surface area contributed by atoms with Crippen LogP contribution in [-0.2, 0) is 22.5 Å². The molecular formula is C21H25NO2. The lowest BCUT2D eigenvalue weighted by molar-refractivity contribution is -0.154. The summed E-state index contributed by atoms with van der Waals surface area (Å²) in [6.07, 6.45) is 1.60. The zero-order chi connectivity index (χ0) is 16.8. The number of likely N-dealkylation sites (tertiary alicyclic amines) is 1. The largest absolute Gasteiger partial charge is 0.466 e. The topological polar surface area (TPSA) is 29.5 Å². The van der Waals surface area contributed by atoms with Gasteiger partial charge in [-0.25, -0.2) is 0 Å². The maximum absolute atomic E-state index is 12.7. The van der Waals surface area contributed by atoms with Crippen molar-refractivity contribution in [3.05, 3.63) is 71.8 Å². The predicted octanol–water partition coefficient (Wildman–Crippen LogP) is 3.68. The Morgan fingerprint density at radius 2 is 1.67 bits per heavy atom. The quantitative estimate of drug-likeness (QED) is 0.760. The van der Waals surface area contributed by atoms with E-state index >= 15 is 0 Å². The van der Waals surface area contributed by atoms with Crippen LogP contribution in [0.25, 0.3) is 0 Å². The molecule has 1 aliphatic heterocycles. The fraction of sp³-hybridized carbons (Fsp3) is 0.381. The molecule has 0 aliphatic carbocycles. The minimum atomic E-state index is -0.424. The lowest BCUT2D eigenvalue weighted by Gasteiger charge is -2.27. The number of esters is 1. The predicted molar refractivity (Wildman–Crippen MR) is 95.5 cm³/mol. The van der Waals surface area contributed by atoms with E-state index in [1.165, 1.54) is 11.1 Å². The number of carbonyl (C=O) groups is 1. The van der Waals surface area contributed by atoms with E-state index in [4.69, 9.17) is 4.74 Å². The van der Waals surface area contributed by atoms with E-state index in [1.54, 1.807) is 0 Å². The fourth-order valence-electron chi connectivity index (χ4n) is 3.59. The molecule has 1 fully saturated rings. The normalized spacial score (nSPS) is 20.9. The molecule has 1 aliphatic rings. The van der Waals surface area contributed by atoms with Crippen molar-refractivity contribution >= 4 is 5.97 Å². The van der Waals surface area contributed by atoms with E-state index in [1.807, 2.05) is 31.2 Å². The first-order valence-corrected chi connectivity index (χ1v) is 8.69. The van der Waals surface area contributed by atoms with Crippen LogP contribution in [0.5, 0.6) is 0 Å². The highest BCUT2D eigenvalue weighted by molar-refractivity contribution is 5.78. The summed E-state index contributed by atoms with van der Waals surface area (Å²) in [5.41, 5.74) is 2.07. The third kappa shape index (κ3) is 3.85. The number of hydrogen-bond acceptors (Lipinski definition) is 3. The molecule has 0 N–H and O–H groups in total. The second-order valence-electron chi connectivity index (χ2n) is 6.61. The summed E-state index contributed by atoms with van der Waals surface area (Å²) in [5, 5.41) is 0. The van der Waals surface area contributed by atoms with Gasteiger partial charge >= 0.3 is 5.97 Å². The van der Waals surface area contributed by atoms with Gasteiger partial charge in [-0.15, -0.1) is 0 Å². The Morgan fingerprint density at radius 1 is 1.04 bits per heavy atom. The molecule has 0 spiro atoms. The molecule has 1 heterocycles. The highest BCUT2D eigenvalue weighted by Crippen LogP contribution is 2.36. The molecule has 0 bridgehead atoms. The second kappa shape index (κ2) is 7.63. The van der Waals surface area contributed by atoms with Crippen LogP contribution >= 0.6 is 0 Å². The van der Waals surface area contributed by atoms with Gasteiger partial charge in [0.15, 0.2) is 0 Å². The van der Waals surface area contributed by atoms with Gasteiger partial charge in [0.1, 0.15) is 0 Å². The van der Waals surface area contributed by atoms with Crippen molar-refractivity contribution in [2.24, 2.45) is 5.41 Å². The first kappa shape index (κ1) is 16.7. The van der Waals surface area contributed by atoms with Gasteiger partial charge in [-0.2, -0.15) is 0 Å². The van der Waals surface area contributed by atoms with Gasteiger partial charge in [0.25, 0.3) is 0 Å². The van der Waals surface area contributed by atoms with Crippen LogP contribution in [0.4, 0.5) is 0 Å². The number of carbonyl (C=O) groups excluding carboxylic acids is 1. The summed E-state index contributed by atoms with van der Waals surface area (Å²) >= 11 is 0. The summed E-state index contributed by atoms with van der Waals surface area (Å²) in [7, 11) is 0. The summed E-state index contributed by atoms with van der Waals surface area (Å²) in [5.74, 6) is -0.0515. The lowest BCUT2D eigenvalue weighted by atomic mass is 9.81. The maximum atomic E-state index is 12.7. The second-order valence-corrected chi connectivity index (χ2v) is 6.61. The Kier molecular flexibility index (Phi) is 5.31. The molecular weight excluding hydrogens is 298 g/mol. The molecule has 0 radical (unpaired) electrons. The minimum Gasteiger partial charge on any atom is -0.466 e. The first-order chi connectivity index (χ1) is 11.7. The molecule has 3 nitrogen and oxygen atoms in total. The third-order valence-corrected chi connectivity index (χ3v) is 4.78. The van der Waals surface area contributed by atoms with Crippen molar-refractivity contribution in [1.29, 1.82) is 0 Å². The van der Waals surface area contributed by atoms with Crippen molar-refractivity contribution in [3.63, 3.8) is 0 Å². The molecule has 1 atom stereocenters. The minimum absolute atomic E-state index is 0.0515. The van der Waals surface area contributed by atoms with E-state index in [-0.39, 0.29) is 5.97 Å². The van der Waals surface area contributed by atoms with E-state index in [0.29, 0.717) is 6.61 Å². The summed E-state index contributed by atoms with van der Waals surface area (Å²) < 4.78 is 5.43.